The molecule has 1 saturated heterocycles. The average molecular weight is 356 g/mol. The van der Waals surface area contributed by atoms with Gasteiger partial charge in [0, 0.05) is 11.3 Å². The summed E-state index contributed by atoms with van der Waals surface area (Å²) in [6, 6.07) is 0. The molecule has 0 aromatic carbocycles. The Kier molecular flexibility index (Phi) is 3.22. The first-order valence-electron chi connectivity index (χ1n) is 10.0. The van der Waals surface area contributed by atoms with Gasteiger partial charge in [-0.2, -0.15) is 0 Å². The molecule has 0 bridgehead atoms. The predicted molar refractivity (Wildman–Crippen MR) is 96.2 cm³/mol. The quantitative estimate of drug-likeness (QED) is 0.773. The number of hydrogen-bond donors (Lipinski definition) is 1. The van der Waals surface area contributed by atoms with E-state index in [2.05, 4.69) is 26.8 Å². The van der Waals surface area contributed by atoms with Crippen LogP contribution in [0.25, 0.3) is 0 Å². The molecule has 0 amide bonds. The van der Waals surface area contributed by atoms with Crippen molar-refractivity contribution in [1.29, 1.82) is 0 Å². The molecule has 4 fully saturated rings. The van der Waals surface area contributed by atoms with Crippen LogP contribution in [0.2, 0.25) is 0 Å². The van der Waals surface area contributed by atoms with E-state index in [4.69, 9.17) is 4.74 Å². The van der Waals surface area contributed by atoms with Crippen LogP contribution >= 0.6 is 0 Å². The Labute approximate surface area is 154 Å². The maximum atomic E-state index is 12.5. The highest BCUT2D eigenvalue weighted by atomic mass is 16.6. The van der Waals surface area contributed by atoms with Crippen LogP contribution < -0.4 is 0 Å². The summed E-state index contributed by atoms with van der Waals surface area (Å²) in [5.74, 6) is 1.21. The first kappa shape index (κ1) is 16.9. The maximum Gasteiger partial charge on any atom is 0.178 e. The fourth-order valence-electron chi connectivity index (χ4n) is 7.80. The van der Waals surface area contributed by atoms with Gasteiger partial charge in [0.1, 0.15) is 12.2 Å². The summed E-state index contributed by atoms with van der Waals surface area (Å²) >= 11 is 0. The molecule has 4 aliphatic carbocycles. The first-order chi connectivity index (χ1) is 12.3. The van der Waals surface area contributed by atoms with Crippen molar-refractivity contribution in [2.75, 3.05) is 6.61 Å². The number of ketones is 2. The van der Waals surface area contributed by atoms with Crippen molar-refractivity contribution in [3.8, 4) is 0 Å². The number of rotatable bonds is 2. The molecule has 4 heteroatoms. The number of ether oxygens (including phenoxy) is 1. The zero-order valence-corrected chi connectivity index (χ0v) is 15.8. The first-order valence-corrected chi connectivity index (χ1v) is 10.0. The Balaban J connectivity index is 1.57. The van der Waals surface area contributed by atoms with Crippen molar-refractivity contribution in [2.45, 2.75) is 58.2 Å². The number of Topliss-reactive ketones (excluding diaryl/α,β-unsaturated/α-hetero) is 1. The minimum absolute atomic E-state index is 0.00131. The lowest BCUT2D eigenvalue weighted by molar-refractivity contribution is -0.132. The highest BCUT2D eigenvalue weighted by Crippen LogP contribution is 2.75. The topological polar surface area (TPSA) is 66.9 Å². The Morgan fingerprint density at radius 3 is 2.85 bits per heavy atom. The summed E-state index contributed by atoms with van der Waals surface area (Å²) in [7, 11) is 0. The summed E-state index contributed by atoms with van der Waals surface area (Å²) in [5, 5.41) is 9.52. The third-order valence-corrected chi connectivity index (χ3v) is 8.78. The van der Waals surface area contributed by atoms with E-state index in [0.29, 0.717) is 17.8 Å². The van der Waals surface area contributed by atoms with Gasteiger partial charge >= 0.3 is 0 Å². The van der Waals surface area contributed by atoms with E-state index in [0.717, 1.165) is 25.7 Å². The van der Waals surface area contributed by atoms with Crippen LogP contribution in [0.15, 0.2) is 23.8 Å². The molecular formula is C22H28O4. The Hall–Kier alpha value is -1.26. The molecule has 5 unspecified atom stereocenters. The predicted octanol–water partition coefficient (Wildman–Crippen LogP) is 2.85. The fraction of sp³-hybridized carbons (Fsp3) is 0.727. The second-order valence-corrected chi connectivity index (χ2v) is 9.78. The lowest BCUT2D eigenvalue weighted by Crippen LogP contribution is -2.57. The van der Waals surface area contributed by atoms with Gasteiger partial charge in [-0.25, -0.2) is 0 Å². The van der Waals surface area contributed by atoms with Crippen LogP contribution in [0.5, 0.6) is 0 Å². The van der Waals surface area contributed by atoms with Crippen molar-refractivity contribution in [3.05, 3.63) is 23.8 Å². The standard InChI is InChI=1S/C22H28O4/c1-12-8-16-15-5-4-13-9-14(24)6-7-21(13,3)22(15)18(26-22)10-20(16,2)19(12)17(25)11-23/h6-7,9,12,15-16,18-19,23H,4-5,8,10-11H2,1-3H3/t12-,15?,16?,18?,19?,20+,21+,22?/m1/s1. The van der Waals surface area contributed by atoms with E-state index < -0.39 is 0 Å². The van der Waals surface area contributed by atoms with Crippen LogP contribution in [-0.2, 0) is 14.3 Å². The number of epoxide rings is 1. The summed E-state index contributed by atoms with van der Waals surface area (Å²) < 4.78 is 6.50. The van der Waals surface area contributed by atoms with E-state index in [-0.39, 0.29) is 46.6 Å². The lowest BCUT2D eigenvalue weighted by Gasteiger charge is -2.54. The molecule has 1 N–H and O–H groups in total. The second kappa shape index (κ2) is 4.96. The highest BCUT2D eigenvalue weighted by molar-refractivity contribution is 6.01. The number of carbonyl (C=O) groups is 2. The van der Waals surface area contributed by atoms with Crippen LogP contribution in [-0.4, -0.2) is 35.0 Å². The van der Waals surface area contributed by atoms with Gasteiger partial charge < -0.3 is 9.84 Å². The highest BCUT2D eigenvalue weighted by Gasteiger charge is 2.79. The molecule has 5 aliphatic rings. The van der Waals surface area contributed by atoms with E-state index >= 15 is 0 Å². The van der Waals surface area contributed by atoms with Crippen LogP contribution in [0.1, 0.15) is 46.5 Å². The van der Waals surface area contributed by atoms with Gasteiger partial charge in [-0.05, 0) is 67.9 Å². The monoisotopic (exact) mass is 356 g/mol. The number of aliphatic hydroxyl groups excluding tert-OH is 1. The number of allylic oxidation sites excluding steroid dienone is 2. The van der Waals surface area contributed by atoms with Gasteiger partial charge in [0.2, 0.25) is 0 Å². The van der Waals surface area contributed by atoms with Crippen molar-refractivity contribution in [3.63, 3.8) is 0 Å². The minimum Gasteiger partial charge on any atom is -0.389 e. The number of aliphatic hydroxyl groups is 1. The molecule has 0 aromatic heterocycles. The Bertz CT molecular complexity index is 766. The molecule has 26 heavy (non-hydrogen) atoms. The van der Waals surface area contributed by atoms with E-state index in [1.165, 1.54) is 5.57 Å². The number of hydrogen-bond acceptors (Lipinski definition) is 4. The van der Waals surface area contributed by atoms with E-state index in [1.54, 1.807) is 6.08 Å². The summed E-state index contributed by atoms with van der Waals surface area (Å²) in [5.41, 5.74) is 0.745. The van der Waals surface area contributed by atoms with Crippen molar-refractivity contribution < 1.29 is 19.4 Å². The van der Waals surface area contributed by atoms with Gasteiger partial charge in [-0.1, -0.05) is 25.5 Å². The molecule has 1 heterocycles. The van der Waals surface area contributed by atoms with Gasteiger partial charge in [0.15, 0.2) is 11.6 Å². The molecule has 0 aromatic rings. The molecular weight excluding hydrogens is 328 g/mol. The fourth-order valence-corrected chi connectivity index (χ4v) is 7.80. The zero-order valence-electron chi connectivity index (χ0n) is 15.8. The lowest BCUT2D eigenvalue weighted by atomic mass is 9.47. The number of carbonyl (C=O) groups excluding carboxylic acids is 2. The summed E-state index contributed by atoms with van der Waals surface area (Å²) in [6.07, 6.45) is 9.68. The maximum absolute atomic E-state index is 12.5. The largest absolute Gasteiger partial charge is 0.389 e. The molecule has 1 aliphatic heterocycles. The molecule has 8 atom stereocenters. The number of fused-ring (bicyclic) bond motifs is 3. The molecule has 1 spiro atoms. The Morgan fingerprint density at radius 2 is 2.12 bits per heavy atom. The third kappa shape index (κ3) is 1.73. The van der Waals surface area contributed by atoms with Crippen LogP contribution in [0.3, 0.4) is 0 Å². The summed E-state index contributed by atoms with van der Waals surface area (Å²) in [4.78, 5) is 24.4. The average Bonchev–Trinajstić information content (AvgIpc) is 3.24. The van der Waals surface area contributed by atoms with Gasteiger partial charge in [0.05, 0.1) is 6.10 Å². The van der Waals surface area contributed by atoms with Gasteiger partial charge in [0.25, 0.3) is 0 Å². The molecule has 3 saturated carbocycles. The normalized spacial score (nSPS) is 53.9. The van der Waals surface area contributed by atoms with Crippen LogP contribution in [0.4, 0.5) is 0 Å². The smallest absolute Gasteiger partial charge is 0.178 e. The van der Waals surface area contributed by atoms with E-state index in [1.807, 2.05) is 6.08 Å². The molecule has 0 radical (unpaired) electrons. The van der Waals surface area contributed by atoms with Gasteiger partial charge in [-0.3, -0.25) is 9.59 Å². The van der Waals surface area contributed by atoms with Crippen molar-refractivity contribution in [1.82, 2.24) is 0 Å². The SMILES string of the molecule is C[C@@H]1CC2C3CCC4=CC(=O)C=C[C@]4(C)C34OC4C[C@]2(C)C1C(=O)CO. The second-order valence-electron chi connectivity index (χ2n) is 9.78. The Morgan fingerprint density at radius 1 is 1.35 bits per heavy atom. The van der Waals surface area contributed by atoms with Crippen molar-refractivity contribution >= 4 is 11.6 Å². The van der Waals surface area contributed by atoms with E-state index in [9.17, 15) is 14.7 Å². The molecule has 4 nitrogen and oxygen atoms in total. The zero-order chi connectivity index (χ0) is 18.5. The van der Waals surface area contributed by atoms with Crippen LogP contribution in [0, 0.1) is 34.5 Å². The van der Waals surface area contributed by atoms with Crippen molar-refractivity contribution in [2.24, 2.45) is 34.5 Å². The summed E-state index contributed by atoms with van der Waals surface area (Å²) in [6.45, 7) is 6.33. The third-order valence-electron chi connectivity index (χ3n) is 8.78. The molecule has 5 rings (SSSR count). The minimum atomic E-state index is -0.353. The molecule has 140 valence electrons. The van der Waals surface area contributed by atoms with Gasteiger partial charge in [-0.15, -0.1) is 0 Å².